The van der Waals surface area contributed by atoms with Crippen molar-refractivity contribution in [1.82, 2.24) is 4.90 Å². The smallest absolute Gasteiger partial charge is 0.233 e. The van der Waals surface area contributed by atoms with E-state index >= 15 is 0 Å². The van der Waals surface area contributed by atoms with Crippen molar-refractivity contribution in [3.63, 3.8) is 0 Å². The first kappa shape index (κ1) is 18.5. The molecule has 1 unspecified atom stereocenters. The number of benzene rings is 1. The lowest BCUT2D eigenvalue weighted by Crippen LogP contribution is -2.42. The first-order valence-corrected chi connectivity index (χ1v) is 10.4. The van der Waals surface area contributed by atoms with E-state index in [9.17, 15) is 18.0 Å². The second-order valence-corrected chi connectivity index (χ2v) is 8.55. The summed E-state index contributed by atoms with van der Waals surface area (Å²) in [5, 5.41) is 2.67. The van der Waals surface area contributed by atoms with Crippen LogP contribution in [-0.2, 0) is 19.4 Å². The van der Waals surface area contributed by atoms with Crippen molar-refractivity contribution < 1.29 is 27.5 Å². The number of carbonyl (C=O) groups is 2. The molecule has 1 atom stereocenters. The average Bonchev–Trinajstić information content (AvgIpc) is 2.95. The molecule has 1 aromatic rings. The van der Waals surface area contributed by atoms with Gasteiger partial charge in [0.1, 0.15) is 19.6 Å². The van der Waals surface area contributed by atoms with E-state index in [4.69, 9.17) is 9.47 Å². The third-order valence-corrected chi connectivity index (χ3v) is 6.20. The molecule has 0 spiro atoms. The molecule has 8 nitrogen and oxygen atoms in total. The van der Waals surface area contributed by atoms with Gasteiger partial charge < -0.3 is 19.7 Å². The molecule has 1 aromatic carbocycles. The molecule has 0 radical (unpaired) electrons. The highest BCUT2D eigenvalue weighted by molar-refractivity contribution is 7.91. The lowest BCUT2D eigenvalue weighted by atomic mass is 10.2. The summed E-state index contributed by atoms with van der Waals surface area (Å²) in [4.78, 5) is 26.1. The van der Waals surface area contributed by atoms with Gasteiger partial charge in [0.15, 0.2) is 21.3 Å². The molecule has 0 bridgehead atoms. The van der Waals surface area contributed by atoms with E-state index in [2.05, 4.69) is 5.32 Å². The van der Waals surface area contributed by atoms with Crippen molar-refractivity contribution >= 4 is 27.3 Å². The quantitative estimate of drug-likeness (QED) is 0.757. The van der Waals surface area contributed by atoms with Gasteiger partial charge in [0.05, 0.1) is 11.5 Å². The number of hydrogen-bond donors (Lipinski definition) is 1. The highest BCUT2D eigenvalue weighted by Crippen LogP contribution is 2.32. The maximum absolute atomic E-state index is 12.4. The maximum Gasteiger partial charge on any atom is 0.233 e. The number of nitrogens with zero attached hydrogens (tertiary/aromatic N) is 1. The second kappa shape index (κ2) is 7.53. The lowest BCUT2D eigenvalue weighted by Gasteiger charge is -2.26. The Morgan fingerprint density at radius 3 is 2.62 bits per heavy atom. The third kappa shape index (κ3) is 4.27. The number of amides is 2. The minimum Gasteiger partial charge on any atom is -0.486 e. The van der Waals surface area contributed by atoms with Crippen molar-refractivity contribution in [2.45, 2.75) is 25.8 Å². The molecule has 0 aliphatic carbocycles. The standard InChI is InChI=1S/C17H22N2O6S/c1-2-19(13-5-8-26(22,23)11-13)17(21)10-16(20)18-12-3-4-14-15(9-12)25-7-6-24-14/h3-4,9,13H,2,5-8,10-11H2,1H3,(H,18,20). The van der Waals surface area contributed by atoms with Gasteiger partial charge in [0.25, 0.3) is 0 Å². The van der Waals surface area contributed by atoms with Crippen LogP contribution in [0.5, 0.6) is 11.5 Å². The minimum absolute atomic E-state index is 0.0314. The van der Waals surface area contributed by atoms with E-state index < -0.39 is 15.7 Å². The number of nitrogens with one attached hydrogen (secondary N) is 1. The van der Waals surface area contributed by atoms with Crippen molar-refractivity contribution in [1.29, 1.82) is 0 Å². The summed E-state index contributed by atoms with van der Waals surface area (Å²) in [6.45, 7) is 3.08. The number of ether oxygens (including phenoxy) is 2. The summed E-state index contributed by atoms with van der Waals surface area (Å²) >= 11 is 0. The van der Waals surface area contributed by atoms with Crippen LogP contribution in [0.15, 0.2) is 18.2 Å². The summed E-state index contributed by atoms with van der Waals surface area (Å²) in [6, 6.07) is 4.68. The fraction of sp³-hybridized carbons (Fsp3) is 0.529. The largest absolute Gasteiger partial charge is 0.486 e. The van der Waals surface area contributed by atoms with Crippen LogP contribution in [0.3, 0.4) is 0 Å². The summed E-state index contributed by atoms with van der Waals surface area (Å²) in [5.41, 5.74) is 0.513. The van der Waals surface area contributed by atoms with E-state index in [1.807, 2.05) is 0 Å². The number of carbonyl (C=O) groups excluding carboxylic acids is 2. The molecular formula is C17H22N2O6S. The van der Waals surface area contributed by atoms with E-state index in [0.717, 1.165) is 0 Å². The second-order valence-electron chi connectivity index (χ2n) is 6.32. The highest BCUT2D eigenvalue weighted by Gasteiger charge is 2.34. The molecular weight excluding hydrogens is 360 g/mol. The summed E-state index contributed by atoms with van der Waals surface area (Å²) in [5.74, 6) is 0.397. The van der Waals surface area contributed by atoms with Gasteiger partial charge in [-0.15, -0.1) is 0 Å². The van der Waals surface area contributed by atoms with Crippen LogP contribution in [0, 0.1) is 0 Å². The van der Waals surface area contributed by atoms with Crippen LogP contribution in [-0.4, -0.2) is 62.4 Å². The van der Waals surface area contributed by atoms with Crippen molar-refractivity contribution in [3.05, 3.63) is 18.2 Å². The number of fused-ring (bicyclic) bond motifs is 1. The Labute approximate surface area is 152 Å². The van der Waals surface area contributed by atoms with E-state index in [0.29, 0.717) is 43.4 Å². The fourth-order valence-corrected chi connectivity index (χ4v) is 4.96. The van der Waals surface area contributed by atoms with E-state index in [-0.39, 0.29) is 29.9 Å². The van der Waals surface area contributed by atoms with Crippen molar-refractivity contribution in [3.8, 4) is 11.5 Å². The molecule has 1 fully saturated rings. The van der Waals surface area contributed by atoms with Crippen LogP contribution >= 0.6 is 0 Å². The van der Waals surface area contributed by atoms with Gasteiger partial charge >= 0.3 is 0 Å². The van der Waals surface area contributed by atoms with Gasteiger partial charge in [-0.05, 0) is 25.5 Å². The molecule has 2 heterocycles. The number of anilines is 1. The Bertz CT molecular complexity index is 807. The zero-order valence-electron chi connectivity index (χ0n) is 14.6. The molecule has 2 amide bonds. The first-order valence-electron chi connectivity index (χ1n) is 8.57. The SMILES string of the molecule is CCN(C(=O)CC(=O)Nc1ccc2c(c1)OCCO2)C1CCS(=O)(=O)C1. The Hall–Kier alpha value is -2.29. The number of rotatable bonds is 5. The topological polar surface area (TPSA) is 102 Å². The van der Waals surface area contributed by atoms with E-state index in [1.165, 1.54) is 4.90 Å². The van der Waals surface area contributed by atoms with Gasteiger partial charge in [-0.1, -0.05) is 0 Å². The normalized spacial score (nSPS) is 20.4. The van der Waals surface area contributed by atoms with Crippen molar-refractivity contribution in [2.75, 3.05) is 36.6 Å². The van der Waals surface area contributed by atoms with Crippen molar-refractivity contribution in [2.24, 2.45) is 0 Å². The van der Waals surface area contributed by atoms with Gasteiger partial charge in [0.2, 0.25) is 11.8 Å². The van der Waals surface area contributed by atoms with Crippen LogP contribution in [0.25, 0.3) is 0 Å². The molecule has 1 saturated heterocycles. The molecule has 142 valence electrons. The highest BCUT2D eigenvalue weighted by atomic mass is 32.2. The minimum atomic E-state index is -3.09. The number of sulfone groups is 1. The molecule has 3 rings (SSSR count). The summed E-state index contributed by atoms with van der Waals surface area (Å²) in [6.07, 6.45) is 0.0878. The van der Waals surface area contributed by atoms with Crippen LogP contribution in [0.1, 0.15) is 19.8 Å². The van der Waals surface area contributed by atoms with Gasteiger partial charge in [0, 0.05) is 24.3 Å². The zero-order valence-corrected chi connectivity index (χ0v) is 15.4. The summed E-state index contributed by atoms with van der Waals surface area (Å²) < 4.78 is 34.1. The Kier molecular flexibility index (Phi) is 5.36. The third-order valence-electron chi connectivity index (χ3n) is 4.45. The predicted molar refractivity (Wildman–Crippen MR) is 95.1 cm³/mol. The summed E-state index contributed by atoms with van der Waals surface area (Å²) in [7, 11) is -3.09. The van der Waals surface area contributed by atoms with Crippen LogP contribution in [0.4, 0.5) is 5.69 Å². The molecule has 2 aliphatic rings. The monoisotopic (exact) mass is 382 g/mol. The van der Waals surface area contributed by atoms with Crippen LogP contribution in [0.2, 0.25) is 0 Å². The lowest BCUT2D eigenvalue weighted by molar-refractivity contribution is -0.135. The Morgan fingerprint density at radius 1 is 1.23 bits per heavy atom. The van der Waals surface area contributed by atoms with Gasteiger partial charge in [-0.25, -0.2) is 8.42 Å². The predicted octanol–water partition coefficient (Wildman–Crippen LogP) is 0.822. The maximum atomic E-state index is 12.4. The van der Waals surface area contributed by atoms with Gasteiger partial charge in [-0.3, -0.25) is 9.59 Å². The molecule has 0 saturated carbocycles. The van der Waals surface area contributed by atoms with Gasteiger partial charge in [-0.2, -0.15) is 0 Å². The number of hydrogen-bond acceptors (Lipinski definition) is 6. The molecule has 0 aromatic heterocycles. The zero-order chi connectivity index (χ0) is 18.7. The van der Waals surface area contributed by atoms with Crippen LogP contribution < -0.4 is 14.8 Å². The molecule has 2 aliphatic heterocycles. The molecule has 26 heavy (non-hydrogen) atoms. The molecule has 1 N–H and O–H groups in total. The Morgan fingerprint density at radius 2 is 1.96 bits per heavy atom. The average molecular weight is 382 g/mol. The Balaban J connectivity index is 1.59. The molecule has 9 heteroatoms. The first-order chi connectivity index (χ1) is 12.4. The fourth-order valence-electron chi connectivity index (χ4n) is 3.22. The van der Waals surface area contributed by atoms with E-state index in [1.54, 1.807) is 25.1 Å².